The van der Waals surface area contributed by atoms with E-state index in [2.05, 4.69) is 30.8 Å². The van der Waals surface area contributed by atoms with E-state index in [1.807, 2.05) is 11.3 Å². The van der Waals surface area contributed by atoms with E-state index < -0.39 is 0 Å². The zero-order chi connectivity index (χ0) is 12.4. The molecule has 0 aliphatic heterocycles. The van der Waals surface area contributed by atoms with Crippen molar-refractivity contribution in [3.05, 3.63) is 15.6 Å². The highest BCUT2D eigenvalue weighted by Crippen LogP contribution is 2.30. The van der Waals surface area contributed by atoms with Crippen LogP contribution < -0.4 is 5.73 Å². The van der Waals surface area contributed by atoms with Crippen LogP contribution in [0.3, 0.4) is 0 Å². The molecule has 0 spiro atoms. The molecule has 1 heterocycles. The lowest BCUT2D eigenvalue weighted by Gasteiger charge is -2.28. The van der Waals surface area contributed by atoms with Crippen molar-refractivity contribution in [3.63, 3.8) is 0 Å². The Morgan fingerprint density at radius 3 is 2.76 bits per heavy atom. The fourth-order valence-electron chi connectivity index (χ4n) is 2.81. The van der Waals surface area contributed by atoms with Gasteiger partial charge in [-0.15, -0.1) is 11.3 Å². The Balaban J connectivity index is 1.98. The lowest BCUT2D eigenvalue weighted by molar-refractivity contribution is 0.192. The van der Waals surface area contributed by atoms with Crippen LogP contribution in [0.2, 0.25) is 0 Å². The summed E-state index contributed by atoms with van der Waals surface area (Å²) in [4.78, 5) is 8.41. The highest BCUT2D eigenvalue weighted by atomic mass is 32.1. The van der Waals surface area contributed by atoms with Crippen molar-refractivity contribution in [1.82, 2.24) is 9.88 Å². The molecule has 1 aliphatic rings. The first kappa shape index (κ1) is 13.0. The van der Waals surface area contributed by atoms with Gasteiger partial charge in [-0.25, -0.2) is 4.98 Å². The van der Waals surface area contributed by atoms with Crippen molar-refractivity contribution in [3.8, 4) is 0 Å². The Labute approximate surface area is 108 Å². The molecular formula is C13H23N3S. The molecule has 0 amide bonds. The van der Waals surface area contributed by atoms with Crippen molar-refractivity contribution in [2.45, 2.75) is 45.7 Å². The first-order chi connectivity index (χ1) is 8.11. The van der Waals surface area contributed by atoms with E-state index >= 15 is 0 Å². The highest BCUT2D eigenvalue weighted by Gasteiger charge is 2.29. The number of hydrogen-bond acceptors (Lipinski definition) is 4. The van der Waals surface area contributed by atoms with E-state index in [0.29, 0.717) is 12.0 Å². The van der Waals surface area contributed by atoms with Crippen LogP contribution in [-0.2, 0) is 6.54 Å². The van der Waals surface area contributed by atoms with Gasteiger partial charge >= 0.3 is 0 Å². The summed E-state index contributed by atoms with van der Waals surface area (Å²) in [6.07, 6.45) is 3.91. The Hall–Kier alpha value is -0.450. The number of nitrogens with zero attached hydrogens (tertiary/aromatic N) is 2. The molecule has 3 nitrogen and oxygen atoms in total. The molecule has 4 heteroatoms. The summed E-state index contributed by atoms with van der Waals surface area (Å²) in [5.74, 6) is 0.683. The van der Waals surface area contributed by atoms with E-state index in [-0.39, 0.29) is 0 Å². The van der Waals surface area contributed by atoms with Gasteiger partial charge in [0.05, 0.1) is 12.2 Å². The van der Waals surface area contributed by atoms with E-state index in [1.165, 1.54) is 34.8 Å². The third-order valence-corrected chi connectivity index (χ3v) is 5.00. The lowest BCUT2D eigenvalue weighted by atomic mass is 10.0. The maximum atomic E-state index is 5.84. The number of hydrogen-bond donors (Lipinski definition) is 1. The summed E-state index contributed by atoms with van der Waals surface area (Å²) in [6, 6.07) is 0.657. The average Bonchev–Trinajstić information content (AvgIpc) is 2.86. The van der Waals surface area contributed by atoms with Crippen LogP contribution in [0.4, 0.5) is 0 Å². The smallest absolute Gasteiger partial charge is 0.107 e. The fraction of sp³-hybridized carbons (Fsp3) is 0.769. The Morgan fingerprint density at radius 1 is 1.41 bits per heavy atom. The van der Waals surface area contributed by atoms with Gasteiger partial charge in [-0.3, -0.25) is 4.90 Å². The second kappa shape index (κ2) is 5.46. The number of nitrogens with two attached hydrogens (primary N) is 1. The van der Waals surface area contributed by atoms with Crippen LogP contribution in [0.1, 0.15) is 34.8 Å². The molecule has 0 saturated heterocycles. The standard InChI is InChI=1S/C13H23N3S/c1-9-10(2)17-13(15-9)8-16(3)12-6-4-5-11(12)7-14/h11-12H,4-8,14H2,1-3H3. The van der Waals surface area contributed by atoms with E-state index in [0.717, 1.165) is 13.1 Å². The second-order valence-electron chi connectivity index (χ2n) is 5.16. The molecule has 96 valence electrons. The molecular weight excluding hydrogens is 230 g/mol. The van der Waals surface area contributed by atoms with E-state index in [4.69, 9.17) is 5.73 Å². The molecule has 1 saturated carbocycles. The van der Waals surface area contributed by atoms with E-state index in [1.54, 1.807) is 0 Å². The van der Waals surface area contributed by atoms with Gasteiger partial charge in [0.15, 0.2) is 0 Å². The topological polar surface area (TPSA) is 42.2 Å². The van der Waals surface area contributed by atoms with Crippen LogP contribution in [0.5, 0.6) is 0 Å². The molecule has 0 radical (unpaired) electrons. The Kier molecular flexibility index (Phi) is 4.17. The summed E-state index contributed by atoms with van der Waals surface area (Å²) in [6.45, 7) is 6.04. The first-order valence-corrected chi connectivity index (χ1v) is 7.26. The summed E-state index contributed by atoms with van der Waals surface area (Å²) in [5.41, 5.74) is 7.02. The van der Waals surface area contributed by atoms with Gasteiger partial charge in [-0.1, -0.05) is 6.42 Å². The van der Waals surface area contributed by atoms with Crippen LogP contribution in [0.15, 0.2) is 0 Å². The molecule has 2 atom stereocenters. The van der Waals surface area contributed by atoms with Gasteiger partial charge in [0, 0.05) is 10.9 Å². The predicted molar refractivity (Wildman–Crippen MR) is 73.2 cm³/mol. The van der Waals surface area contributed by atoms with Gasteiger partial charge in [0.1, 0.15) is 5.01 Å². The highest BCUT2D eigenvalue weighted by molar-refractivity contribution is 7.11. The minimum Gasteiger partial charge on any atom is -0.330 e. The number of thiazole rings is 1. The van der Waals surface area contributed by atoms with E-state index in [9.17, 15) is 0 Å². The molecule has 2 N–H and O–H groups in total. The van der Waals surface area contributed by atoms with Crippen LogP contribution in [0.25, 0.3) is 0 Å². The average molecular weight is 253 g/mol. The third kappa shape index (κ3) is 2.87. The molecule has 1 aromatic heterocycles. The lowest BCUT2D eigenvalue weighted by Crippen LogP contribution is -2.37. The molecule has 2 unspecified atom stereocenters. The minimum atomic E-state index is 0.657. The monoisotopic (exact) mass is 253 g/mol. The van der Waals surface area contributed by atoms with Gasteiger partial charge in [-0.2, -0.15) is 0 Å². The number of aryl methyl sites for hydroxylation is 2. The molecule has 0 aromatic carbocycles. The van der Waals surface area contributed by atoms with Crippen molar-refractivity contribution in [1.29, 1.82) is 0 Å². The number of rotatable bonds is 4. The van der Waals surface area contributed by atoms with Crippen molar-refractivity contribution in [2.75, 3.05) is 13.6 Å². The van der Waals surface area contributed by atoms with Gasteiger partial charge in [-0.05, 0) is 46.2 Å². The Morgan fingerprint density at radius 2 is 2.18 bits per heavy atom. The van der Waals surface area contributed by atoms with Gasteiger partial charge in [0.25, 0.3) is 0 Å². The first-order valence-electron chi connectivity index (χ1n) is 6.45. The van der Waals surface area contributed by atoms with Crippen molar-refractivity contribution >= 4 is 11.3 Å². The maximum Gasteiger partial charge on any atom is 0.107 e. The van der Waals surface area contributed by atoms with Crippen molar-refractivity contribution in [2.24, 2.45) is 11.7 Å². The Bertz CT molecular complexity index is 355. The summed E-state index contributed by atoms with van der Waals surface area (Å²) in [7, 11) is 2.21. The summed E-state index contributed by atoms with van der Waals surface area (Å²) in [5, 5.41) is 1.24. The largest absolute Gasteiger partial charge is 0.330 e. The maximum absolute atomic E-state index is 5.84. The van der Waals surface area contributed by atoms with Gasteiger partial charge < -0.3 is 5.73 Å². The zero-order valence-electron chi connectivity index (χ0n) is 11.1. The molecule has 1 aromatic rings. The zero-order valence-corrected chi connectivity index (χ0v) is 11.9. The SMILES string of the molecule is Cc1nc(CN(C)C2CCCC2CN)sc1C. The molecule has 1 fully saturated rings. The van der Waals surface area contributed by atoms with Crippen LogP contribution in [-0.4, -0.2) is 29.5 Å². The predicted octanol–water partition coefficient (Wildman–Crippen LogP) is 2.32. The normalized spacial score (nSPS) is 24.8. The molecule has 0 bridgehead atoms. The molecule has 17 heavy (non-hydrogen) atoms. The summed E-state index contributed by atoms with van der Waals surface area (Å²) < 4.78 is 0. The molecule has 1 aliphatic carbocycles. The molecule has 2 rings (SSSR count). The third-order valence-electron chi connectivity index (χ3n) is 3.95. The second-order valence-corrected chi connectivity index (χ2v) is 6.45. The minimum absolute atomic E-state index is 0.657. The van der Waals surface area contributed by atoms with Gasteiger partial charge in [0.2, 0.25) is 0 Å². The summed E-state index contributed by atoms with van der Waals surface area (Å²) >= 11 is 1.83. The fourth-order valence-corrected chi connectivity index (χ4v) is 3.81. The van der Waals surface area contributed by atoms with Crippen molar-refractivity contribution < 1.29 is 0 Å². The number of aromatic nitrogens is 1. The van der Waals surface area contributed by atoms with Crippen LogP contribution in [0, 0.1) is 19.8 Å². The van der Waals surface area contributed by atoms with Crippen LogP contribution >= 0.6 is 11.3 Å². The quantitative estimate of drug-likeness (QED) is 0.895.